The molecule has 0 saturated heterocycles. The molecular weight excluding hydrogens is 229 g/mol. The summed E-state index contributed by atoms with van der Waals surface area (Å²) < 4.78 is 58.3. The fourth-order valence-corrected chi connectivity index (χ4v) is 1.76. The minimum Gasteiger partial charge on any atom is -0.214 e. The van der Waals surface area contributed by atoms with Crippen LogP contribution in [0.15, 0.2) is 35.7 Å². The number of sulfone groups is 1. The average Bonchev–Trinajstić information content (AvgIpc) is 2.16. The molecule has 0 fully saturated rings. The molecule has 0 heterocycles. The molecule has 82 valence electrons. The van der Waals surface area contributed by atoms with Crippen molar-refractivity contribution in [3.8, 4) is 0 Å². The average molecular weight is 236 g/mol. The zero-order chi connectivity index (χ0) is 11.7. The largest absolute Gasteiger partial charge is 0.501 e. The second-order valence-electron chi connectivity index (χ2n) is 2.73. The lowest BCUT2D eigenvalue weighted by Gasteiger charge is -2.08. The SMILES string of the molecule is C=Cc1cccc(S(=O)(=O)C(F)(F)F)c1. The Bertz CT molecular complexity index is 474. The van der Waals surface area contributed by atoms with Gasteiger partial charge in [-0.3, -0.25) is 0 Å². The smallest absolute Gasteiger partial charge is 0.214 e. The van der Waals surface area contributed by atoms with Crippen LogP contribution in [0.3, 0.4) is 0 Å². The van der Waals surface area contributed by atoms with Crippen LogP contribution < -0.4 is 0 Å². The molecule has 0 aromatic heterocycles. The third kappa shape index (κ3) is 2.20. The van der Waals surface area contributed by atoms with Gasteiger partial charge in [-0.15, -0.1) is 0 Å². The lowest BCUT2D eigenvalue weighted by atomic mass is 10.2. The van der Waals surface area contributed by atoms with Crippen LogP contribution in [0.4, 0.5) is 13.2 Å². The van der Waals surface area contributed by atoms with E-state index in [4.69, 9.17) is 0 Å². The van der Waals surface area contributed by atoms with Gasteiger partial charge in [-0.25, -0.2) is 8.42 Å². The van der Waals surface area contributed by atoms with Gasteiger partial charge >= 0.3 is 5.51 Å². The molecule has 0 saturated carbocycles. The summed E-state index contributed by atoms with van der Waals surface area (Å²) >= 11 is 0. The molecule has 1 aromatic carbocycles. The van der Waals surface area contributed by atoms with Crippen LogP contribution >= 0.6 is 0 Å². The maximum Gasteiger partial charge on any atom is 0.501 e. The first kappa shape index (κ1) is 11.8. The number of halogens is 3. The van der Waals surface area contributed by atoms with Crippen LogP contribution in [0.2, 0.25) is 0 Å². The first-order chi connectivity index (χ1) is 6.79. The minimum absolute atomic E-state index is 0.320. The summed E-state index contributed by atoms with van der Waals surface area (Å²) in [6.45, 7) is 3.34. The van der Waals surface area contributed by atoms with Gasteiger partial charge in [0.25, 0.3) is 9.84 Å². The summed E-state index contributed by atoms with van der Waals surface area (Å²) in [5.74, 6) is 0. The van der Waals surface area contributed by atoms with Gasteiger partial charge in [-0.05, 0) is 17.7 Å². The van der Waals surface area contributed by atoms with Gasteiger partial charge in [0, 0.05) is 0 Å². The van der Waals surface area contributed by atoms with E-state index in [0.29, 0.717) is 5.56 Å². The zero-order valence-corrected chi connectivity index (χ0v) is 8.27. The molecule has 0 aliphatic heterocycles. The summed E-state index contributed by atoms with van der Waals surface area (Å²) in [7, 11) is -5.26. The highest BCUT2D eigenvalue weighted by atomic mass is 32.2. The Morgan fingerprint density at radius 2 is 1.87 bits per heavy atom. The quantitative estimate of drug-likeness (QED) is 0.791. The number of hydrogen-bond acceptors (Lipinski definition) is 2. The Morgan fingerprint density at radius 3 is 2.33 bits per heavy atom. The molecule has 15 heavy (non-hydrogen) atoms. The van der Waals surface area contributed by atoms with Crippen molar-refractivity contribution in [2.45, 2.75) is 10.4 Å². The second kappa shape index (κ2) is 3.69. The van der Waals surface area contributed by atoms with Crippen LogP contribution in [0.5, 0.6) is 0 Å². The summed E-state index contributed by atoms with van der Waals surface area (Å²) in [5.41, 5.74) is -4.95. The number of rotatable bonds is 2. The van der Waals surface area contributed by atoms with Crippen molar-refractivity contribution in [3.05, 3.63) is 36.4 Å². The molecule has 0 spiro atoms. The molecule has 2 nitrogen and oxygen atoms in total. The van der Waals surface area contributed by atoms with Crippen molar-refractivity contribution in [2.75, 3.05) is 0 Å². The van der Waals surface area contributed by atoms with Gasteiger partial charge in [0.1, 0.15) is 0 Å². The van der Waals surface area contributed by atoms with E-state index in [2.05, 4.69) is 6.58 Å². The zero-order valence-electron chi connectivity index (χ0n) is 7.45. The predicted molar refractivity (Wildman–Crippen MR) is 49.8 cm³/mol. The van der Waals surface area contributed by atoms with Crippen molar-refractivity contribution in [1.29, 1.82) is 0 Å². The fourth-order valence-electron chi connectivity index (χ4n) is 0.942. The van der Waals surface area contributed by atoms with Crippen molar-refractivity contribution >= 4 is 15.9 Å². The highest BCUT2D eigenvalue weighted by Crippen LogP contribution is 2.30. The topological polar surface area (TPSA) is 34.1 Å². The third-order valence-electron chi connectivity index (χ3n) is 1.71. The van der Waals surface area contributed by atoms with Crippen LogP contribution in [0.25, 0.3) is 6.08 Å². The minimum atomic E-state index is -5.27. The van der Waals surface area contributed by atoms with E-state index in [-0.39, 0.29) is 0 Å². The van der Waals surface area contributed by atoms with Crippen molar-refractivity contribution in [1.82, 2.24) is 0 Å². The first-order valence-electron chi connectivity index (χ1n) is 3.83. The number of hydrogen-bond donors (Lipinski definition) is 0. The Hall–Kier alpha value is -1.30. The summed E-state index contributed by atoms with van der Waals surface area (Å²) in [6.07, 6.45) is 1.27. The van der Waals surface area contributed by atoms with Crippen LogP contribution in [-0.4, -0.2) is 13.9 Å². The monoisotopic (exact) mass is 236 g/mol. The van der Waals surface area contributed by atoms with Gasteiger partial charge in [-0.2, -0.15) is 13.2 Å². The maximum absolute atomic E-state index is 12.1. The summed E-state index contributed by atoms with van der Waals surface area (Å²) in [4.78, 5) is -0.771. The van der Waals surface area contributed by atoms with E-state index in [1.807, 2.05) is 0 Å². The number of alkyl halides is 3. The predicted octanol–water partition coefficient (Wildman–Crippen LogP) is 2.62. The van der Waals surface area contributed by atoms with Crippen molar-refractivity contribution in [2.24, 2.45) is 0 Å². The van der Waals surface area contributed by atoms with Gasteiger partial charge in [-0.1, -0.05) is 24.8 Å². The number of benzene rings is 1. The normalized spacial score (nSPS) is 12.5. The Balaban J connectivity index is 3.34. The third-order valence-corrected chi connectivity index (χ3v) is 3.19. The lowest BCUT2D eigenvalue weighted by Crippen LogP contribution is -2.23. The van der Waals surface area contributed by atoms with E-state index in [1.54, 1.807) is 0 Å². The molecule has 0 aliphatic carbocycles. The summed E-state index contributed by atoms with van der Waals surface area (Å²) in [6, 6.07) is 4.52. The maximum atomic E-state index is 12.1. The first-order valence-corrected chi connectivity index (χ1v) is 5.31. The van der Waals surface area contributed by atoms with E-state index in [1.165, 1.54) is 18.2 Å². The van der Waals surface area contributed by atoms with Crippen molar-refractivity contribution < 1.29 is 21.6 Å². The van der Waals surface area contributed by atoms with Crippen molar-refractivity contribution in [3.63, 3.8) is 0 Å². The highest BCUT2D eigenvalue weighted by molar-refractivity contribution is 7.92. The highest BCUT2D eigenvalue weighted by Gasteiger charge is 2.46. The Labute approximate surface area is 85.0 Å². The van der Waals surface area contributed by atoms with Crippen LogP contribution in [-0.2, 0) is 9.84 Å². The summed E-state index contributed by atoms with van der Waals surface area (Å²) in [5, 5.41) is 0. The molecule has 6 heteroatoms. The van der Waals surface area contributed by atoms with Gasteiger partial charge in [0.15, 0.2) is 0 Å². The van der Waals surface area contributed by atoms with Gasteiger partial charge in [0.2, 0.25) is 0 Å². The molecule has 0 bridgehead atoms. The van der Waals surface area contributed by atoms with E-state index in [0.717, 1.165) is 12.1 Å². The molecule has 0 amide bonds. The molecule has 0 radical (unpaired) electrons. The van der Waals surface area contributed by atoms with Crippen LogP contribution in [0.1, 0.15) is 5.56 Å². The van der Waals surface area contributed by atoms with Gasteiger partial charge in [0.05, 0.1) is 4.90 Å². The fraction of sp³-hybridized carbons (Fsp3) is 0.111. The molecular formula is C9H7F3O2S. The molecule has 1 aromatic rings. The molecule has 0 N–H and O–H groups in total. The van der Waals surface area contributed by atoms with E-state index < -0.39 is 20.2 Å². The van der Waals surface area contributed by atoms with E-state index >= 15 is 0 Å². The second-order valence-corrected chi connectivity index (χ2v) is 4.67. The molecule has 0 unspecified atom stereocenters. The van der Waals surface area contributed by atoms with E-state index in [9.17, 15) is 21.6 Å². The molecule has 1 rings (SSSR count). The van der Waals surface area contributed by atoms with Gasteiger partial charge < -0.3 is 0 Å². The standard InChI is InChI=1S/C9H7F3O2S/c1-2-7-4-3-5-8(6-7)15(13,14)9(10,11)12/h2-6H,1H2. The Kier molecular flexibility index (Phi) is 2.90. The van der Waals surface area contributed by atoms with Crippen LogP contribution in [0, 0.1) is 0 Å². The lowest BCUT2D eigenvalue weighted by molar-refractivity contribution is -0.0436. The molecule has 0 atom stereocenters. The molecule has 0 aliphatic rings. The Morgan fingerprint density at radius 1 is 1.27 bits per heavy atom.